The molecular formula is C16H20BN3O2S. The molecule has 2 N–H and O–H groups in total. The Bertz CT molecular complexity index is 748. The third-order valence-corrected chi connectivity index (χ3v) is 4.61. The minimum Gasteiger partial charge on any atom is -0.331 e. The van der Waals surface area contributed by atoms with Crippen molar-refractivity contribution < 1.29 is 8.42 Å². The number of hydrogen-bond acceptors (Lipinski definition) is 4. The standard InChI is InChI=1S/C16H20BN3O2S/c1-16(2)11-4-5-14(10-12-16)19-23(21,22)15-8-6-13(7-9-15)18-20(3)17/h4-12,18-19H,1-3H3. The maximum absolute atomic E-state index is 12.4. The van der Waals surface area contributed by atoms with E-state index < -0.39 is 10.0 Å². The van der Waals surface area contributed by atoms with E-state index in [1.807, 2.05) is 32.1 Å². The van der Waals surface area contributed by atoms with Gasteiger partial charge in [-0.3, -0.25) is 9.64 Å². The number of anilines is 1. The van der Waals surface area contributed by atoms with Gasteiger partial charge in [0.2, 0.25) is 7.98 Å². The summed E-state index contributed by atoms with van der Waals surface area (Å²) in [5.74, 6) is 0. The Morgan fingerprint density at radius 3 is 2.39 bits per heavy atom. The molecule has 2 radical (unpaired) electrons. The Kier molecular flexibility index (Phi) is 5.01. The van der Waals surface area contributed by atoms with E-state index in [0.717, 1.165) is 0 Å². The van der Waals surface area contributed by atoms with E-state index in [-0.39, 0.29) is 10.3 Å². The van der Waals surface area contributed by atoms with Crippen LogP contribution in [0, 0.1) is 5.41 Å². The average Bonchev–Trinajstić information content (AvgIpc) is 2.60. The largest absolute Gasteiger partial charge is 0.331 e. The lowest BCUT2D eigenvalue weighted by Gasteiger charge is -2.15. The molecule has 1 aromatic rings. The molecule has 0 aliphatic heterocycles. The summed E-state index contributed by atoms with van der Waals surface area (Å²) in [6, 6.07) is 6.35. The van der Waals surface area contributed by atoms with Gasteiger partial charge in [-0.2, -0.15) is 0 Å². The smallest absolute Gasteiger partial charge is 0.261 e. The zero-order chi connectivity index (χ0) is 17.1. The van der Waals surface area contributed by atoms with Gasteiger partial charge in [0.15, 0.2) is 0 Å². The van der Waals surface area contributed by atoms with E-state index in [1.54, 1.807) is 31.3 Å². The zero-order valence-electron chi connectivity index (χ0n) is 13.4. The van der Waals surface area contributed by atoms with Gasteiger partial charge in [0.1, 0.15) is 0 Å². The predicted octanol–water partition coefficient (Wildman–Crippen LogP) is 2.34. The molecule has 7 heteroatoms. The van der Waals surface area contributed by atoms with E-state index >= 15 is 0 Å². The number of sulfonamides is 1. The molecule has 120 valence electrons. The molecule has 1 aliphatic carbocycles. The number of rotatable bonds is 5. The highest BCUT2D eigenvalue weighted by Gasteiger charge is 2.16. The second-order valence-corrected chi connectivity index (χ2v) is 7.67. The number of hydrazine groups is 1. The van der Waals surface area contributed by atoms with Crippen molar-refractivity contribution in [1.82, 2.24) is 9.64 Å². The number of nitrogens with one attached hydrogen (secondary N) is 2. The van der Waals surface area contributed by atoms with Crippen molar-refractivity contribution in [3.63, 3.8) is 0 Å². The van der Waals surface area contributed by atoms with Crippen molar-refractivity contribution in [3.05, 3.63) is 60.3 Å². The molecule has 0 amide bonds. The number of hydrogen-bond donors (Lipinski definition) is 2. The first-order valence-corrected chi connectivity index (χ1v) is 8.63. The van der Waals surface area contributed by atoms with Gasteiger partial charge in [-0.25, -0.2) is 8.42 Å². The van der Waals surface area contributed by atoms with Gasteiger partial charge in [-0.15, -0.1) is 0 Å². The summed E-state index contributed by atoms with van der Waals surface area (Å²) < 4.78 is 27.5. The third kappa shape index (κ3) is 5.01. The van der Waals surface area contributed by atoms with Gasteiger partial charge in [-0.05, 0) is 43.5 Å². The Morgan fingerprint density at radius 1 is 1.13 bits per heavy atom. The van der Waals surface area contributed by atoms with Gasteiger partial charge in [0.25, 0.3) is 10.0 Å². The zero-order valence-corrected chi connectivity index (χ0v) is 14.3. The van der Waals surface area contributed by atoms with Crippen molar-refractivity contribution in [1.29, 1.82) is 0 Å². The highest BCUT2D eigenvalue weighted by molar-refractivity contribution is 7.89. The second kappa shape index (κ2) is 6.64. The van der Waals surface area contributed by atoms with Crippen molar-refractivity contribution in [3.8, 4) is 0 Å². The van der Waals surface area contributed by atoms with Crippen LogP contribution in [0.4, 0.5) is 5.69 Å². The first kappa shape index (κ1) is 17.4. The maximum Gasteiger partial charge on any atom is 0.261 e. The molecule has 0 heterocycles. The molecule has 0 fully saturated rings. The van der Waals surface area contributed by atoms with Crippen LogP contribution in [0.15, 0.2) is 65.2 Å². The van der Waals surface area contributed by atoms with Crippen LogP contribution in [-0.4, -0.2) is 28.4 Å². The molecule has 0 saturated heterocycles. The Balaban J connectivity index is 2.16. The van der Waals surface area contributed by atoms with Gasteiger partial charge in [-0.1, -0.05) is 32.1 Å². The van der Waals surface area contributed by atoms with Crippen LogP contribution >= 0.6 is 0 Å². The number of nitrogens with zero attached hydrogens (tertiary/aromatic N) is 1. The lowest BCUT2D eigenvalue weighted by Crippen LogP contribution is -2.23. The van der Waals surface area contributed by atoms with E-state index in [0.29, 0.717) is 11.4 Å². The molecule has 0 atom stereocenters. The fourth-order valence-electron chi connectivity index (χ4n) is 2.01. The molecule has 5 nitrogen and oxygen atoms in total. The van der Waals surface area contributed by atoms with E-state index in [1.165, 1.54) is 17.1 Å². The first-order valence-electron chi connectivity index (χ1n) is 7.15. The third-order valence-electron chi connectivity index (χ3n) is 3.22. The molecule has 0 unspecified atom stereocenters. The van der Waals surface area contributed by atoms with Crippen LogP contribution in [0.3, 0.4) is 0 Å². The van der Waals surface area contributed by atoms with Gasteiger partial charge >= 0.3 is 0 Å². The summed E-state index contributed by atoms with van der Waals surface area (Å²) in [7, 11) is 3.49. The molecular weight excluding hydrogens is 309 g/mol. The monoisotopic (exact) mass is 329 g/mol. The molecule has 0 saturated carbocycles. The fraction of sp³-hybridized carbons (Fsp3) is 0.250. The molecule has 23 heavy (non-hydrogen) atoms. The lowest BCUT2D eigenvalue weighted by molar-refractivity contribution is 0.589. The van der Waals surface area contributed by atoms with Crippen LogP contribution in [0.1, 0.15) is 13.8 Å². The highest BCUT2D eigenvalue weighted by atomic mass is 32.2. The molecule has 0 aromatic heterocycles. The summed E-state index contributed by atoms with van der Waals surface area (Å²) in [4.78, 5) is 1.47. The maximum atomic E-state index is 12.4. The van der Waals surface area contributed by atoms with Crippen LogP contribution < -0.4 is 10.1 Å². The van der Waals surface area contributed by atoms with Crippen LogP contribution in [0.25, 0.3) is 0 Å². The van der Waals surface area contributed by atoms with Gasteiger partial charge in [0, 0.05) is 16.8 Å². The van der Waals surface area contributed by atoms with Crippen molar-refractivity contribution in [2.24, 2.45) is 5.41 Å². The van der Waals surface area contributed by atoms with E-state index in [9.17, 15) is 8.42 Å². The summed E-state index contributed by atoms with van der Waals surface area (Å²) in [6.45, 7) is 4.09. The number of benzene rings is 1. The fourth-order valence-corrected chi connectivity index (χ4v) is 3.07. The quantitative estimate of drug-likeness (QED) is 0.643. The highest BCUT2D eigenvalue weighted by Crippen LogP contribution is 2.23. The van der Waals surface area contributed by atoms with Gasteiger partial charge in [0.05, 0.1) is 4.90 Å². The van der Waals surface area contributed by atoms with Gasteiger partial charge < -0.3 is 5.43 Å². The topological polar surface area (TPSA) is 61.4 Å². The van der Waals surface area contributed by atoms with Crippen LogP contribution in [-0.2, 0) is 10.0 Å². The van der Waals surface area contributed by atoms with Crippen LogP contribution in [0.2, 0.25) is 0 Å². The van der Waals surface area contributed by atoms with Crippen molar-refractivity contribution >= 4 is 23.7 Å². The van der Waals surface area contributed by atoms with Crippen molar-refractivity contribution in [2.45, 2.75) is 18.7 Å². The van der Waals surface area contributed by atoms with E-state index in [2.05, 4.69) is 10.1 Å². The molecule has 0 spiro atoms. The summed E-state index contributed by atoms with van der Waals surface area (Å²) in [5, 5.41) is 0. The molecule has 1 aromatic carbocycles. The molecule has 1 aliphatic rings. The van der Waals surface area contributed by atoms with E-state index in [4.69, 9.17) is 7.98 Å². The predicted molar refractivity (Wildman–Crippen MR) is 94.0 cm³/mol. The lowest BCUT2D eigenvalue weighted by atomic mass is 9.93. The molecule has 0 bridgehead atoms. The Hall–Kier alpha value is -1.99. The average molecular weight is 329 g/mol. The molecule has 2 rings (SSSR count). The normalized spacial score (nSPS) is 16.8. The van der Waals surface area contributed by atoms with Crippen LogP contribution in [0.5, 0.6) is 0 Å². The summed E-state index contributed by atoms with van der Waals surface area (Å²) >= 11 is 0. The summed E-state index contributed by atoms with van der Waals surface area (Å²) in [5.41, 5.74) is 3.97. The van der Waals surface area contributed by atoms with Crippen molar-refractivity contribution in [2.75, 3.05) is 12.5 Å². The minimum atomic E-state index is -3.63. The summed E-state index contributed by atoms with van der Waals surface area (Å²) in [6.07, 6.45) is 9.32. The first-order chi connectivity index (χ1) is 10.7. The number of allylic oxidation sites excluding steroid dienone is 5. The minimum absolute atomic E-state index is 0.106. The second-order valence-electron chi connectivity index (χ2n) is 5.99. The Labute approximate surface area is 139 Å². The SMILES string of the molecule is [B]N(C)Nc1ccc(S(=O)(=O)NC2=CC=CC(C)(C)C=C2)cc1. The Morgan fingerprint density at radius 2 is 1.78 bits per heavy atom.